The summed E-state index contributed by atoms with van der Waals surface area (Å²) in [5, 5.41) is 10.7. The van der Waals surface area contributed by atoms with Gasteiger partial charge in [-0.15, -0.1) is 21.4 Å². The number of amides is 2. The van der Waals surface area contributed by atoms with Crippen LogP contribution in [-0.2, 0) is 11.5 Å². The number of aryl methyl sites for hydroxylation is 2. The van der Waals surface area contributed by atoms with E-state index in [2.05, 4.69) is 15.5 Å². The number of rotatable bonds is 5. The first-order valence-electron chi connectivity index (χ1n) is 11.5. The molecule has 0 spiro atoms. The van der Waals surface area contributed by atoms with E-state index in [0.29, 0.717) is 12.5 Å². The van der Waals surface area contributed by atoms with Crippen LogP contribution in [0.15, 0.2) is 41.5 Å². The van der Waals surface area contributed by atoms with Crippen LogP contribution in [0.3, 0.4) is 0 Å². The summed E-state index contributed by atoms with van der Waals surface area (Å²) in [5.74, 6) is 5.71. The zero-order valence-corrected chi connectivity index (χ0v) is 22.6. The maximum absolute atomic E-state index is 12.1. The second kappa shape index (κ2) is 11.9. The summed E-state index contributed by atoms with van der Waals surface area (Å²) in [6.07, 6.45) is 3.51. The molecule has 0 radical (unpaired) electrons. The molecule has 2 heterocycles. The molecule has 11 nitrogen and oxygen atoms in total. The molecule has 3 rings (SSSR count). The van der Waals surface area contributed by atoms with E-state index in [1.54, 1.807) is 15.8 Å². The number of nitrogens with one attached hydrogen (secondary N) is 1. The molecule has 0 aliphatic heterocycles. The molecule has 0 saturated heterocycles. The topological polar surface area (TPSA) is 133 Å². The fourth-order valence-corrected chi connectivity index (χ4v) is 3.54. The van der Waals surface area contributed by atoms with Crippen molar-refractivity contribution in [3.63, 3.8) is 0 Å². The number of halogens is 1. The molecule has 3 aromatic rings. The van der Waals surface area contributed by atoms with E-state index >= 15 is 0 Å². The predicted molar refractivity (Wildman–Crippen MR) is 141 cm³/mol. The van der Waals surface area contributed by atoms with Crippen molar-refractivity contribution in [3.05, 3.63) is 64.1 Å². The lowest BCUT2D eigenvalue weighted by molar-refractivity contribution is -0.116. The number of anilines is 1. The number of nitrogen functional groups attached to an aromatic ring is 1. The first-order valence-corrected chi connectivity index (χ1v) is 12.0. The summed E-state index contributed by atoms with van der Waals surface area (Å²) in [6, 6.07) is 7.20. The lowest BCUT2D eigenvalue weighted by Gasteiger charge is -2.25. The molecule has 36 heavy (non-hydrogen) atoms. The summed E-state index contributed by atoms with van der Waals surface area (Å²) in [5.41, 5.74) is 1.92. The minimum absolute atomic E-state index is 0.0311. The summed E-state index contributed by atoms with van der Waals surface area (Å²) >= 11 is 5.72. The Morgan fingerprint density at radius 3 is 2.22 bits per heavy atom. The molecule has 0 bridgehead atoms. The average Bonchev–Trinajstić information content (AvgIpc) is 3.40. The smallest absolute Gasteiger partial charge is 0.333 e. The SMILES string of the molecule is CC(C)c1nn(C(=O)NC(C)(C)C)c(=O)n1N.Cc1cccc(C)c1N(Cn1cccn1)C(=O)CCl. The van der Waals surface area contributed by atoms with Crippen LogP contribution in [0.2, 0.25) is 0 Å². The first-order chi connectivity index (χ1) is 16.8. The number of hydrogen-bond acceptors (Lipinski definition) is 6. The van der Waals surface area contributed by atoms with E-state index < -0.39 is 17.3 Å². The number of hydrogen-bond donors (Lipinski definition) is 2. The van der Waals surface area contributed by atoms with Gasteiger partial charge in [-0.05, 0) is 51.8 Å². The van der Waals surface area contributed by atoms with Crippen molar-refractivity contribution < 1.29 is 9.59 Å². The third-order valence-electron chi connectivity index (χ3n) is 5.00. The monoisotopic (exact) mass is 518 g/mol. The zero-order valence-electron chi connectivity index (χ0n) is 21.8. The van der Waals surface area contributed by atoms with Crippen LogP contribution in [0.5, 0.6) is 0 Å². The third kappa shape index (κ3) is 7.20. The number of carbonyl (C=O) groups is 2. The van der Waals surface area contributed by atoms with Gasteiger partial charge in [0.15, 0.2) is 5.82 Å². The minimum atomic E-state index is -0.643. The Labute approximate surface area is 215 Å². The van der Waals surface area contributed by atoms with Gasteiger partial charge in [-0.2, -0.15) is 9.77 Å². The second-order valence-electron chi connectivity index (χ2n) is 9.64. The fourth-order valence-electron chi connectivity index (χ4n) is 3.40. The molecule has 2 amide bonds. The van der Waals surface area contributed by atoms with E-state index in [9.17, 15) is 14.4 Å². The van der Waals surface area contributed by atoms with Gasteiger partial charge in [-0.3, -0.25) is 14.4 Å². The number of benzene rings is 1. The summed E-state index contributed by atoms with van der Waals surface area (Å²) in [6.45, 7) is 13.5. The first kappa shape index (κ1) is 28.6. The predicted octanol–water partition coefficient (Wildman–Crippen LogP) is 2.97. The highest BCUT2D eigenvalue weighted by Crippen LogP contribution is 2.25. The van der Waals surface area contributed by atoms with Crippen LogP contribution in [0.4, 0.5) is 10.5 Å². The molecular formula is C24H35ClN8O3. The fraction of sp³-hybridized carbons (Fsp3) is 0.458. The number of nitrogens with zero attached hydrogens (tertiary/aromatic N) is 6. The Morgan fingerprint density at radius 2 is 1.78 bits per heavy atom. The Balaban J connectivity index is 0.000000255. The number of carbonyl (C=O) groups excluding carboxylic acids is 2. The molecule has 0 fully saturated rings. The van der Waals surface area contributed by atoms with E-state index in [1.165, 1.54) is 0 Å². The van der Waals surface area contributed by atoms with Crippen LogP contribution in [0, 0.1) is 13.8 Å². The van der Waals surface area contributed by atoms with Gasteiger partial charge >= 0.3 is 11.7 Å². The summed E-state index contributed by atoms with van der Waals surface area (Å²) in [7, 11) is 0. The third-order valence-corrected chi connectivity index (χ3v) is 5.23. The van der Waals surface area contributed by atoms with Crippen molar-refractivity contribution in [1.29, 1.82) is 0 Å². The minimum Gasteiger partial charge on any atom is -0.333 e. The highest BCUT2D eigenvalue weighted by Gasteiger charge is 2.22. The molecule has 2 aromatic heterocycles. The van der Waals surface area contributed by atoms with Gasteiger partial charge in [0.2, 0.25) is 5.91 Å². The zero-order chi connectivity index (χ0) is 27.2. The molecule has 0 aliphatic rings. The van der Waals surface area contributed by atoms with Crippen molar-refractivity contribution in [2.24, 2.45) is 0 Å². The van der Waals surface area contributed by atoms with E-state index in [4.69, 9.17) is 17.4 Å². The number of alkyl halides is 1. The standard InChI is InChI=1S/C14H16ClN3O.C10H19N5O2/c1-11-5-3-6-12(2)14(11)18(13(19)9-15)10-17-8-4-7-16-17;1-6(2)7-13-15(9(17)14(7)11)8(16)12-10(3,4)5/h3-8H,9-10H2,1-2H3;6H,11H2,1-5H3,(H,12,16). The van der Waals surface area contributed by atoms with Crippen LogP contribution < -0.4 is 21.7 Å². The molecule has 1 aromatic carbocycles. The summed E-state index contributed by atoms with van der Waals surface area (Å²) in [4.78, 5) is 37.3. The molecule has 0 aliphatic carbocycles. The Kier molecular flexibility index (Phi) is 9.46. The van der Waals surface area contributed by atoms with Gasteiger partial charge in [0.25, 0.3) is 0 Å². The Hall–Kier alpha value is -3.60. The van der Waals surface area contributed by atoms with Crippen LogP contribution in [0.1, 0.15) is 57.5 Å². The van der Waals surface area contributed by atoms with Crippen molar-refractivity contribution in [1.82, 2.24) is 29.6 Å². The number of nitrogens with two attached hydrogens (primary N) is 1. The van der Waals surface area contributed by atoms with E-state index in [1.807, 2.05) is 78.9 Å². The maximum atomic E-state index is 12.1. The van der Waals surface area contributed by atoms with Gasteiger partial charge in [0, 0.05) is 23.9 Å². The second-order valence-corrected chi connectivity index (χ2v) is 9.91. The highest BCUT2D eigenvalue weighted by atomic mass is 35.5. The van der Waals surface area contributed by atoms with Crippen molar-refractivity contribution >= 4 is 29.2 Å². The highest BCUT2D eigenvalue weighted by molar-refractivity contribution is 6.29. The van der Waals surface area contributed by atoms with Gasteiger partial charge in [0.1, 0.15) is 12.5 Å². The van der Waals surface area contributed by atoms with Crippen LogP contribution in [-0.4, -0.2) is 47.6 Å². The largest absolute Gasteiger partial charge is 0.373 e. The normalized spacial score (nSPS) is 11.1. The van der Waals surface area contributed by atoms with E-state index in [-0.39, 0.29) is 17.7 Å². The van der Waals surface area contributed by atoms with Crippen molar-refractivity contribution in [2.75, 3.05) is 16.6 Å². The molecule has 0 saturated carbocycles. The Morgan fingerprint density at radius 1 is 1.17 bits per heavy atom. The van der Waals surface area contributed by atoms with Gasteiger partial charge < -0.3 is 11.2 Å². The molecule has 196 valence electrons. The number of aromatic nitrogens is 5. The maximum Gasteiger partial charge on any atom is 0.373 e. The molecule has 0 unspecified atom stereocenters. The lowest BCUT2D eigenvalue weighted by Crippen LogP contribution is -2.47. The molecule has 0 atom stereocenters. The quantitative estimate of drug-likeness (QED) is 0.394. The summed E-state index contributed by atoms with van der Waals surface area (Å²) < 4.78 is 3.35. The molecule has 3 N–H and O–H groups in total. The van der Waals surface area contributed by atoms with Crippen LogP contribution >= 0.6 is 11.6 Å². The number of para-hydroxylation sites is 1. The molecule has 12 heteroatoms. The van der Waals surface area contributed by atoms with Crippen molar-refractivity contribution in [3.8, 4) is 0 Å². The Bertz CT molecular complexity index is 1220. The van der Waals surface area contributed by atoms with Crippen molar-refractivity contribution in [2.45, 2.75) is 66.6 Å². The lowest BCUT2D eigenvalue weighted by atomic mass is 10.1. The van der Waals surface area contributed by atoms with Crippen LogP contribution in [0.25, 0.3) is 0 Å². The van der Waals surface area contributed by atoms with Gasteiger partial charge in [-0.1, -0.05) is 32.0 Å². The molecular weight excluding hydrogens is 484 g/mol. The van der Waals surface area contributed by atoms with Gasteiger partial charge in [-0.25, -0.2) is 9.59 Å². The average molecular weight is 519 g/mol. The van der Waals surface area contributed by atoms with Gasteiger partial charge in [0.05, 0.1) is 5.69 Å². The van der Waals surface area contributed by atoms with E-state index in [0.717, 1.165) is 26.2 Å².